The van der Waals surface area contributed by atoms with Crippen molar-refractivity contribution in [1.82, 2.24) is 0 Å². The predicted octanol–water partition coefficient (Wildman–Crippen LogP) is 2.17. The van der Waals surface area contributed by atoms with Gasteiger partial charge in [-0.1, -0.05) is 6.07 Å². The van der Waals surface area contributed by atoms with Gasteiger partial charge in [-0.15, -0.1) is 0 Å². The highest BCUT2D eigenvalue weighted by molar-refractivity contribution is 5.91. The van der Waals surface area contributed by atoms with Crippen molar-refractivity contribution >= 4 is 5.97 Å². The first-order chi connectivity index (χ1) is 7.02. The zero-order valence-electron chi connectivity index (χ0n) is 7.41. The summed E-state index contributed by atoms with van der Waals surface area (Å²) in [6.45, 7) is -0.969. The van der Waals surface area contributed by atoms with Gasteiger partial charge in [0.1, 0.15) is 23.7 Å². The molecule has 0 aliphatic carbocycles. The molecule has 0 aliphatic heterocycles. The topological polar surface area (TPSA) is 46.5 Å². The van der Waals surface area contributed by atoms with Gasteiger partial charge in [0.15, 0.2) is 0 Å². The Morgan fingerprint density at radius 2 is 2.13 bits per heavy atom. The van der Waals surface area contributed by atoms with Crippen LogP contribution in [0.1, 0.15) is 10.4 Å². The van der Waals surface area contributed by atoms with E-state index in [9.17, 15) is 18.0 Å². The molecule has 0 unspecified atom stereocenters. The van der Waals surface area contributed by atoms with E-state index in [1.54, 1.807) is 0 Å². The van der Waals surface area contributed by atoms with Gasteiger partial charge in [-0.3, -0.25) is 0 Å². The third kappa shape index (κ3) is 2.87. The first-order valence-electron chi connectivity index (χ1n) is 3.95. The van der Waals surface area contributed by atoms with E-state index >= 15 is 0 Å². The molecule has 0 saturated carbocycles. The van der Waals surface area contributed by atoms with E-state index in [0.717, 1.165) is 12.1 Å². The van der Waals surface area contributed by atoms with Crippen LogP contribution < -0.4 is 4.74 Å². The number of rotatable bonds is 4. The normalized spacial score (nSPS) is 10.4. The van der Waals surface area contributed by atoms with E-state index in [4.69, 9.17) is 5.11 Å². The Morgan fingerprint density at radius 3 is 2.67 bits per heavy atom. The van der Waals surface area contributed by atoms with Crippen LogP contribution in [0, 0.1) is 5.82 Å². The summed E-state index contributed by atoms with van der Waals surface area (Å²) in [5.74, 6) is -2.98. The summed E-state index contributed by atoms with van der Waals surface area (Å²) >= 11 is 0. The van der Waals surface area contributed by atoms with Crippen molar-refractivity contribution in [3.8, 4) is 5.75 Å². The summed E-state index contributed by atoms with van der Waals surface area (Å²) in [5, 5.41) is 8.60. The third-order valence-corrected chi connectivity index (χ3v) is 1.55. The van der Waals surface area contributed by atoms with E-state index in [1.165, 1.54) is 6.07 Å². The average Bonchev–Trinajstić information content (AvgIpc) is 2.13. The lowest BCUT2D eigenvalue weighted by Crippen LogP contribution is -2.11. The second-order valence-corrected chi connectivity index (χ2v) is 2.62. The van der Waals surface area contributed by atoms with Crippen LogP contribution in [-0.2, 0) is 0 Å². The Kier molecular flexibility index (Phi) is 3.54. The molecular weight excluding hydrogens is 213 g/mol. The van der Waals surface area contributed by atoms with E-state index in [-0.39, 0.29) is 0 Å². The molecule has 1 N–H and O–H groups in total. The highest BCUT2D eigenvalue weighted by Gasteiger charge is 2.17. The predicted molar refractivity (Wildman–Crippen MR) is 44.9 cm³/mol. The second-order valence-electron chi connectivity index (χ2n) is 2.62. The van der Waals surface area contributed by atoms with E-state index in [1.807, 2.05) is 0 Å². The molecule has 1 rings (SSSR count). The smallest absolute Gasteiger partial charge is 0.342 e. The summed E-state index contributed by atoms with van der Waals surface area (Å²) in [6.07, 6.45) is -2.74. The fourth-order valence-electron chi connectivity index (χ4n) is 0.985. The van der Waals surface area contributed by atoms with Gasteiger partial charge in [-0.25, -0.2) is 18.0 Å². The Morgan fingerprint density at radius 1 is 1.47 bits per heavy atom. The average molecular weight is 220 g/mol. The monoisotopic (exact) mass is 220 g/mol. The maximum absolute atomic E-state index is 13.0. The molecule has 0 radical (unpaired) electrons. The molecule has 1 aromatic rings. The number of hydrogen-bond donors (Lipinski definition) is 1. The summed E-state index contributed by atoms with van der Waals surface area (Å²) in [6, 6.07) is 3.22. The molecule has 0 heterocycles. The SMILES string of the molecule is O=C(O)c1c(F)cccc1OCC(F)F. The maximum Gasteiger partial charge on any atom is 0.342 e. The lowest BCUT2D eigenvalue weighted by Gasteiger charge is -2.08. The van der Waals surface area contributed by atoms with Crippen molar-refractivity contribution in [3.63, 3.8) is 0 Å². The van der Waals surface area contributed by atoms with E-state index in [2.05, 4.69) is 4.74 Å². The van der Waals surface area contributed by atoms with Crippen LogP contribution in [-0.4, -0.2) is 24.1 Å². The van der Waals surface area contributed by atoms with Gasteiger partial charge in [0.2, 0.25) is 0 Å². The number of carboxylic acids is 1. The molecule has 3 nitrogen and oxygen atoms in total. The van der Waals surface area contributed by atoms with Crippen molar-refractivity contribution in [2.75, 3.05) is 6.61 Å². The summed E-state index contributed by atoms with van der Waals surface area (Å²) in [5.41, 5.74) is -0.738. The summed E-state index contributed by atoms with van der Waals surface area (Å²) in [7, 11) is 0. The third-order valence-electron chi connectivity index (χ3n) is 1.55. The number of carbonyl (C=O) groups is 1. The fourth-order valence-corrected chi connectivity index (χ4v) is 0.985. The number of ether oxygens (including phenoxy) is 1. The second kappa shape index (κ2) is 4.68. The molecule has 0 spiro atoms. The molecule has 0 aliphatic rings. The van der Waals surface area contributed by atoms with Gasteiger partial charge in [0.05, 0.1) is 0 Å². The molecule has 6 heteroatoms. The zero-order chi connectivity index (χ0) is 11.4. The molecular formula is C9H7F3O3. The van der Waals surface area contributed by atoms with Crippen LogP contribution in [0.2, 0.25) is 0 Å². The Bertz CT molecular complexity index is 366. The van der Waals surface area contributed by atoms with Crippen LogP contribution in [0.15, 0.2) is 18.2 Å². The molecule has 0 fully saturated rings. The standard InChI is InChI=1S/C9H7F3O3/c10-5-2-1-3-6(8(5)9(13)14)15-4-7(11)12/h1-3,7H,4H2,(H,13,14). The number of carboxylic acid groups (broad SMARTS) is 1. The van der Waals surface area contributed by atoms with Gasteiger partial charge in [0, 0.05) is 0 Å². The first kappa shape index (κ1) is 11.4. The first-order valence-corrected chi connectivity index (χ1v) is 3.95. The number of aromatic carboxylic acids is 1. The fraction of sp³-hybridized carbons (Fsp3) is 0.222. The van der Waals surface area contributed by atoms with Crippen molar-refractivity contribution in [1.29, 1.82) is 0 Å². The van der Waals surface area contributed by atoms with Gasteiger partial charge in [-0.05, 0) is 12.1 Å². The number of halogens is 3. The number of alkyl halides is 2. The molecule has 0 bridgehead atoms. The minimum absolute atomic E-state index is 0.400. The molecule has 0 amide bonds. The molecule has 0 aromatic heterocycles. The highest BCUT2D eigenvalue weighted by Crippen LogP contribution is 2.21. The van der Waals surface area contributed by atoms with Gasteiger partial charge < -0.3 is 9.84 Å². The van der Waals surface area contributed by atoms with Crippen LogP contribution in [0.25, 0.3) is 0 Å². The highest BCUT2D eigenvalue weighted by atomic mass is 19.3. The molecule has 1 aromatic carbocycles. The van der Waals surface area contributed by atoms with Crippen LogP contribution >= 0.6 is 0 Å². The minimum Gasteiger partial charge on any atom is -0.487 e. The quantitative estimate of drug-likeness (QED) is 0.845. The Hall–Kier alpha value is -1.72. The summed E-state index contributed by atoms with van der Waals surface area (Å²) < 4.78 is 41.0. The minimum atomic E-state index is -2.74. The van der Waals surface area contributed by atoms with Crippen molar-refractivity contribution in [3.05, 3.63) is 29.6 Å². The van der Waals surface area contributed by atoms with Crippen molar-refractivity contribution in [2.45, 2.75) is 6.43 Å². The Balaban J connectivity index is 2.96. The molecule has 15 heavy (non-hydrogen) atoms. The largest absolute Gasteiger partial charge is 0.487 e. The van der Waals surface area contributed by atoms with Gasteiger partial charge in [0.25, 0.3) is 6.43 Å². The Labute approximate surface area is 83.1 Å². The number of benzene rings is 1. The zero-order valence-corrected chi connectivity index (χ0v) is 7.41. The van der Waals surface area contributed by atoms with Gasteiger partial charge in [-0.2, -0.15) is 0 Å². The summed E-state index contributed by atoms with van der Waals surface area (Å²) in [4.78, 5) is 10.6. The van der Waals surface area contributed by atoms with E-state index in [0.29, 0.717) is 0 Å². The lowest BCUT2D eigenvalue weighted by atomic mass is 10.2. The van der Waals surface area contributed by atoms with Crippen LogP contribution in [0.5, 0.6) is 5.75 Å². The van der Waals surface area contributed by atoms with Crippen molar-refractivity contribution in [2.24, 2.45) is 0 Å². The number of hydrogen-bond acceptors (Lipinski definition) is 2. The van der Waals surface area contributed by atoms with Gasteiger partial charge >= 0.3 is 5.97 Å². The van der Waals surface area contributed by atoms with Crippen molar-refractivity contribution < 1.29 is 27.8 Å². The molecule has 82 valence electrons. The van der Waals surface area contributed by atoms with Crippen LogP contribution in [0.4, 0.5) is 13.2 Å². The maximum atomic E-state index is 13.0. The van der Waals surface area contributed by atoms with Crippen LogP contribution in [0.3, 0.4) is 0 Å². The van der Waals surface area contributed by atoms with E-state index < -0.39 is 36.1 Å². The lowest BCUT2D eigenvalue weighted by molar-refractivity contribution is 0.0657. The molecule has 0 saturated heterocycles. The molecule has 0 atom stereocenters.